The standard InChI is InChI=1S/C43H50N10O3/c44-41-39-40(31-6-16-37(17-7-31)56-36-4-2-1-3-5-36)48-53(42(39)46-29-45-41)35-14-10-33(11-15-35)51-26-24-49(25-27-51)28-30-18-21-50(22-19-30)32-8-12-34(13-9-32)52-23-20-38(54)47-43(52)55/h1-9,12-13,16-17,29-30,33,35H,10-11,14-15,18-28H2,(H2,44,45,46)(H,47,54,55). The minimum Gasteiger partial charge on any atom is -0.457 e. The van der Waals surface area contributed by atoms with Crippen LogP contribution < -0.4 is 25.6 Å². The van der Waals surface area contributed by atoms with Crippen molar-refractivity contribution < 1.29 is 14.3 Å². The molecule has 5 aromatic rings. The zero-order chi connectivity index (χ0) is 38.0. The van der Waals surface area contributed by atoms with E-state index in [0.717, 1.165) is 104 Å². The molecule has 3 aliphatic heterocycles. The number of aromatic nitrogens is 4. The molecule has 4 aliphatic rings. The van der Waals surface area contributed by atoms with E-state index in [4.69, 9.17) is 15.6 Å². The molecule has 1 aliphatic carbocycles. The molecule has 13 heteroatoms. The van der Waals surface area contributed by atoms with Crippen LogP contribution in [0.4, 0.5) is 22.0 Å². The summed E-state index contributed by atoms with van der Waals surface area (Å²) in [7, 11) is 0. The highest BCUT2D eigenvalue weighted by Gasteiger charge is 2.32. The van der Waals surface area contributed by atoms with E-state index in [2.05, 4.69) is 46.8 Å². The van der Waals surface area contributed by atoms with E-state index in [1.807, 2.05) is 66.7 Å². The van der Waals surface area contributed by atoms with Crippen molar-refractivity contribution in [1.82, 2.24) is 34.9 Å². The molecule has 0 unspecified atom stereocenters. The van der Waals surface area contributed by atoms with Crippen LogP contribution in [0.3, 0.4) is 0 Å². The molecule has 2 aromatic heterocycles. The number of piperidine rings is 1. The molecule has 13 nitrogen and oxygen atoms in total. The summed E-state index contributed by atoms with van der Waals surface area (Å²) in [4.78, 5) is 42.3. The summed E-state index contributed by atoms with van der Waals surface area (Å²) in [5, 5.41) is 8.37. The SMILES string of the molecule is Nc1ncnc2c1c(-c1ccc(Oc3ccccc3)cc1)nn2C1CCC(N2CCN(CC3CCN(c4ccc(N5CCC(=O)NC5=O)cc4)CC3)CC2)CC1. The monoisotopic (exact) mass is 754 g/mol. The molecule has 290 valence electrons. The van der Waals surface area contributed by atoms with Gasteiger partial charge in [0, 0.05) is 81.8 Å². The first-order valence-corrected chi connectivity index (χ1v) is 20.2. The van der Waals surface area contributed by atoms with Crippen molar-refractivity contribution in [1.29, 1.82) is 0 Å². The van der Waals surface area contributed by atoms with E-state index in [-0.39, 0.29) is 18.0 Å². The Morgan fingerprint density at radius 1 is 0.714 bits per heavy atom. The average Bonchev–Trinajstić information content (AvgIpc) is 3.63. The van der Waals surface area contributed by atoms with Gasteiger partial charge in [0.05, 0.1) is 11.4 Å². The summed E-state index contributed by atoms with van der Waals surface area (Å²) in [6.45, 7) is 8.23. The van der Waals surface area contributed by atoms with Gasteiger partial charge >= 0.3 is 6.03 Å². The lowest BCUT2D eigenvalue weighted by Gasteiger charge is -2.43. The number of carbonyl (C=O) groups is 2. The fraction of sp³-hybridized carbons (Fsp3) is 0.419. The predicted molar refractivity (Wildman–Crippen MR) is 218 cm³/mol. The van der Waals surface area contributed by atoms with Crippen molar-refractivity contribution in [2.45, 2.75) is 57.0 Å². The number of urea groups is 1. The summed E-state index contributed by atoms with van der Waals surface area (Å²) < 4.78 is 8.14. The molecule has 4 fully saturated rings. The van der Waals surface area contributed by atoms with Gasteiger partial charge in [-0.05, 0) is 105 Å². The van der Waals surface area contributed by atoms with Gasteiger partial charge < -0.3 is 20.3 Å². The van der Waals surface area contributed by atoms with Gasteiger partial charge in [-0.3, -0.25) is 19.9 Å². The molecular formula is C43H50N10O3. The number of nitrogens with two attached hydrogens (primary N) is 1. The molecule has 3 amide bonds. The minimum absolute atomic E-state index is 0.210. The summed E-state index contributed by atoms with van der Waals surface area (Å²) in [5.74, 6) is 2.52. The lowest BCUT2D eigenvalue weighted by Crippen LogP contribution is -2.52. The zero-order valence-corrected chi connectivity index (χ0v) is 31.8. The first-order valence-electron chi connectivity index (χ1n) is 20.2. The Hall–Kier alpha value is -5.53. The third kappa shape index (κ3) is 7.65. The maximum absolute atomic E-state index is 12.2. The Kier molecular flexibility index (Phi) is 10.3. The van der Waals surface area contributed by atoms with Crippen LogP contribution in [-0.2, 0) is 4.79 Å². The van der Waals surface area contributed by atoms with Crippen LogP contribution in [0.2, 0.25) is 0 Å². The summed E-state index contributed by atoms with van der Waals surface area (Å²) in [5.41, 5.74) is 11.1. The third-order valence-corrected chi connectivity index (χ3v) is 12.3. The molecule has 3 saturated heterocycles. The second-order valence-electron chi connectivity index (χ2n) is 15.7. The lowest BCUT2D eigenvalue weighted by molar-refractivity contribution is -0.120. The Morgan fingerprint density at radius 2 is 1.39 bits per heavy atom. The highest BCUT2D eigenvalue weighted by atomic mass is 16.5. The number of imide groups is 1. The number of ether oxygens (including phenoxy) is 1. The number of fused-ring (bicyclic) bond motifs is 1. The second-order valence-corrected chi connectivity index (χ2v) is 15.7. The maximum atomic E-state index is 12.2. The molecule has 1 saturated carbocycles. The van der Waals surface area contributed by atoms with E-state index in [1.54, 1.807) is 11.2 Å². The number of piperazine rings is 1. The first kappa shape index (κ1) is 36.1. The first-order chi connectivity index (χ1) is 27.4. The second kappa shape index (κ2) is 15.9. The molecular weight excluding hydrogens is 705 g/mol. The number of amides is 3. The van der Waals surface area contributed by atoms with E-state index in [1.165, 1.54) is 25.1 Å². The van der Waals surface area contributed by atoms with Gasteiger partial charge in [0.1, 0.15) is 29.3 Å². The fourth-order valence-electron chi connectivity index (χ4n) is 9.13. The van der Waals surface area contributed by atoms with Crippen molar-refractivity contribution >= 4 is 40.2 Å². The zero-order valence-electron chi connectivity index (χ0n) is 31.8. The number of carbonyl (C=O) groups excluding carboxylic acids is 2. The van der Waals surface area contributed by atoms with Gasteiger partial charge in [-0.1, -0.05) is 18.2 Å². The molecule has 0 spiro atoms. The normalized spacial score (nSPS) is 21.7. The molecule has 9 rings (SSSR count). The largest absolute Gasteiger partial charge is 0.457 e. The topological polar surface area (TPSA) is 138 Å². The van der Waals surface area contributed by atoms with Crippen LogP contribution in [0.5, 0.6) is 11.5 Å². The molecule has 3 N–H and O–H groups in total. The smallest absolute Gasteiger partial charge is 0.328 e. The average molecular weight is 755 g/mol. The number of rotatable bonds is 9. The molecule has 5 heterocycles. The Balaban J connectivity index is 0.749. The van der Waals surface area contributed by atoms with Crippen LogP contribution in [0.15, 0.2) is 85.2 Å². The quantitative estimate of drug-likeness (QED) is 0.176. The fourth-order valence-corrected chi connectivity index (χ4v) is 9.13. The van der Waals surface area contributed by atoms with E-state index in [0.29, 0.717) is 30.7 Å². The van der Waals surface area contributed by atoms with E-state index < -0.39 is 0 Å². The number of anilines is 3. The number of nitrogens with zero attached hydrogens (tertiary/aromatic N) is 8. The number of hydrogen-bond donors (Lipinski definition) is 2. The number of para-hydroxylation sites is 1. The van der Waals surface area contributed by atoms with Crippen molar-refractivity contribution in [2.75, 3.05) is 67.9 Å². The number of benzene rings is 3. The van der Waals surface area contributed by atoms with Gasteiger partial charge in [0.25, 0.3) is 0 Å². The molecule has 56 heavy (non-hydrogen) atoms. The molecule has 0 radical (unpaired) electrons. The summed E-state index contributed by atoms with van der Waals surface area (Å²) in [6.07, 6.45) is 8.69. The number of nitrogen functional groups attached to an aromatic ring is 1. The maximum Gasteiger partial charge on any atom is 0.328 e. The van der Waals surface area contributed by atoms with Crippen molar-refractivity contribution in [3.05, 3.63) is 85.2 Å². The summed E-state index contributed by atoms with van der Waals surface area (Å²) >= 11 is 0. The van der Waals surface area contributed by atoms with Crippen LogP contribution in [0.1, 0.15) is 51.0 Å². The summed E-state index contributed by atoms with van der Waals surface area (Å²) in [6, 6.07) is 26.5. The van der Waals surface area contributed by atoms with Gasteiger partial charge in [0.15, 0.2) is 5.65 Å². The Labute approximate surface area is 327 Å². The van der Waals surface area contributed by atoms with Crippen LogP contribution >= 0.6 is 0 Å². The van der Waals surface area contributed by atoms with Crippen molar-refractivity contribution in [3.63, 3.8) is 0 Å². The van der Waals surface area contributed by atoms with Crippen LogP contribution in [0, 0.1) is 5.92 Å². The van der Waals surface area contributed by atoms with Crippen LogP contribution in [0.25, 0.3) is 22.3 Å². The van der Waals surface area contributed by atoms with Crippen molar-refractivity contribution in [3.8, 4) is 22.8 Å². The molecule has 3 aromatic carbocycles. The van der Waals surface area contributed by atoms with Gasteiger partial charge in [-0.2, -0.15) is 5.10 Å². The van der Waals surface area contributed by atoms with E-state index in [9.17, 15) is 9.59 Å². The van der Waals surface area contributed by atoms with Crippen LogP contribution in [-0.4, -0.2) is 99.9 Å². The van der Waals surface area contributed by atoms with Gasteiger partial charge in [0.2, 0.25) is 5.91 Å². The third-order valence-electron chi connectivity index (χ3n) is 12.3. The number of hydrogen-bond acceptors (Lipinski definition) is 10. The van der Waals surface area contributed by atoms with Gasteiger partial charge in [-0.15, -0.1) is 0 Å². The minimum atomic E-state index is -0.340. The van der Waals surface area contributed by atoms with Gasteiger partial charge in [-0.25, -0.2) is 19.4 Å². The highest BCUT2D eigenvalue weighted by molar-refractivity contribution is 6.05. The van der Waals surface area contributed by atoms with Crippen molar-refractivity contribution in [2.24, 2.45) is 5.92 Å². The number of nitrogens with one attached hydrogen (secondary N) is 1. The van der Waals surface area contributed by atoms with E-state index >= 15 is 0 Å². The molecule has 0 bridgehead atoms. The Morgan fingerprint density at radius 3 is 2.11 bits per heavy atom. The predicted octanol–water partition coefficient (Wildman–Crippen LogP) is 6.33. The molecule has 0 atom stereocenters. The lowest BCUT2D eigenvalue weighted by atomic mass is 9.89. The highest BCUT2D eigenvalue weighted by Crippen LogP contribution is 2.38. The Bertz CT molecular complexity index is 2130.